The SMILES string of the molecule is CCCCCCCCCCCCCCCN1N=C(c2ccc3c(c2)CCC(=O)N3C)C(C)CC1=O. The van der Waals surface area contributed by atoms with Crippen molar-refractivity contribution in [3.05, 3.63) is 29.3 Å². The molecule has 0 bridgehead atoms. The van der Waals surface area contributed by atoms with Crippen LogP contribution in [0.2, 0.25) is 0 Å². The summed E-state index contributed by atoms with van der Waals surface area (Å²) in [5.74, 6) is 0.429. The highest BCUT2D eigenvalue weighted by atomic mass is 16.2. The molecule has 3 rings (SSSR count). The summed E-state index contributed by atoms with van der Waals surface area (Å²) < 4.78 is 0. The van der Waals surface area contributed by atoms with E-state index in [0.717, 1.165) is 36.3 Å². The lowest BCUT2D eigenvalue weighted by molar-refractivity contribution is -0.132. The molecule has 1 unspecified atom stereocenters. The molecule has 5 heteroatoms. The van der Waals surface area contributed by atoms with Gasteiger partial charge in [-0.2, -0.15) is 5.10 Å². The molecule has 1 aromatic rings. The first kappa shape index (κ1) is 27.4. The Hall–Kier alpha value is -2.17. The smallest absolute Gasteiger partial charge is 0.243 e. The second-order valence-electron chi connectivity index (χ2n) is 10.6. The van der Waals surface area contributed by atoms with Crippen molar-refractivity contribution >= 4 is 23.2 Å². The molecule has 1 atom stereocenters. The van der Waals surface area contributed by atoms with Crippen LogP contribution in [0, 0.1) is 5.92 Å². The van der Waals surface area contributed by atoms with Crippen LogP contribution in [-0.4, -0.2) is 36.1 Å². The van der Waals surface area contributed by atoms with E-state index in [-0.39, 0.29) is 17.7 Å². The van der Waals surface area contributed by atoms with Crippen molar-refractivity contribution in [2.45, 2.75) is 117 Å². The van der Waals surface area contributed by atoms with Crippen LogP contribution in [-0.2, 0) is 16.0 Å². The number of rotatable bonds is 15. The van der Waals surface area contributed by atoms with Gasteiger partial charge in [0, 0.05) is 38.0 Å². The highest BCUT2D eigenvalue weighted by molar-refractivity contribution is 6.06. The van der Waals surface area contributed by atoms with Crippen LogP contribution in [0.3, 0.4) is 0 Å². The van der Waals surface area contributed by atoms with Crippen LogP contribution < -0.4 is 4.90 Å². The molecule has 35 heavy (non-hydrogen) atoms. The van der Waals surface area contributed by atoms with E-state index in [9.17, 15) is 9.59 Å². The van der Waals surface area contributed by atoms with Crippen LogP contribution in [0.5, 0.6) is 0 Å². The van der Waals surface area contributed by atoms with E-state index in [1.165, 1.54) is 82.6 Å². The van der Waals surface area contributed by atoms with Gasteiger partial charge in [-0.1, -0.05) is 97.0 Å². The number of nitrogens with zero attached hydrogens (tertiary/aromatic N) is 3. The Kier molecular flexibility index (Phi) is 11.3. The van der Waals surface area contributed by atoms with Gasteiger partial charge in [0.15, 0.2) is 0 Å². The number of aryl methyl sites for hydroxylation is 1. The van der Waals surface area contributed by atoms with Crippen LogP contribution >= 0.6 is 0 Å². The second kappa shape index (κ2) is 14.4. The predicted molar refractivity (Wildman–Crippen MR) is 146 cm³/mol. The van der Waals surface area contributed by atoms with Gasteiger partial charge in [0.25, 0.3) is 0 Å². The van der Waals surface area contributed by atoms with Gasteiger partial charge < -0.3 is 4.90 Å². The average molecular weight is 482 g/mol. The Morgan fingerprint density at radius 3 is 2.06 bits per heavy atom. The molecule has 0 aromatic heterocycles. The Labute approximate surface area is 213 Å². The minimum Gasteiger partial charge on any atom is -0.315 e. The van der Waals surface area contributed by atoms with Crippen molar-refractivity contribution in [3.63, 3.8) is 0 Å². The quantitative estimate of drug-likeness (QED) is 0.248. The highest BCUT2D eigenvalue weighted by Crippen LogP contribution is 2.30. The van der Waals surface area contributed by atoms with Gasteiger partial charge in [-0.25, -0.2) is 5.01 Å². The Bertz CT molecular complexity index is 863. The number of anilines is 1. The molecule has 2 heterocycles. The number of hydrogen-bond acceptors (Lipinski definition) is 3. The second-order valence-corrected chi connectivity index (χ2v) is 10.6. The fraction of sp³-hybridized carbons (Fsp3) is 0.700. The molecular weight excluding hydrogens is 434 g/mol. The largest absolute Gasteiger partial charge is 0.315 e. The summed E-state index contributed by atoms with van der Waals surface area (Å²) in [6.45, 7) is 5.08. The first-order valence-corrected chi connectivity index (χ1v) is 14.3. The van der Waals surface area contributed by atoms with E-state index in [2.05, 4.69) is 26.0 Å². The van der Waals surface area contributed by atoms with E-state index >= 15 is 0 Å². The fourth-order valence-electron chi connectivity index (χ4n) is 5.36. The number of benzene rings is 1. The first-order chi connectivity index (χ1) is 17.0. The molecule has 1 aromatic carbocycles. The Balaban J connectivity index is 1.39. The zero-order chi connectivity index (χ0) is 25.0. The van der Waals surface area contributed by atoms with Crippen molar-refractivity contribution in [3.8, 4) is 0 Å². The number of unbranched alkanes of at least 4 members (excludes halogenated alkanes) is 12. The number of amides is 2. The number of carbonyl (C=O) groups excluding carboxylic acids is 2. The van der Waals surface area contributed by atoms with E-state index in [1.807, 2.05) is 13.1 Å². The third-order valence-corrected chi connectivity index (χ3v) is 7.66. The van der Waals surface area contributed by atoms with Gasteiger partial charge >= 0.3 is 0 Å². The number of hydrazone groups is 1. The van der Waals surface area contributed by atoms with E-state index < -0.39 is 0 Å². The maximum atomic E-state index is 12.6. The van der Waals surface area contributed by atoms with Crippen molar-refractivity contribution in [1.82, 2.24) is 5.01 Å². The van der Waals surface area contributed by atoms with E-state index in [4.69, 9.17) is 5.10 Å². The molecule has 194 valence electrons. The Morgan fingerprint density at radius 1 is 0.829 bits per heavy atom. The van der Waals surface area contributed by atoms with Crippen molar-refractivity contribution in [1.29, 1.82) is 0 Å². The van der Waals surface area contributed by atoms with Crippen molar-refractivity contribution in [2.24, 2.45) is 11.0 Å². The molecule has 0 fully saturated rings. The minimum atomic E-state index is 0.117. The normalized spacial score (nSPS) is 18.1. The van der Waals surface area contributed by atoms with Gasteiger partial charge in [-0.05, 0) is 36.1 Å². The minimum absolute atomic E-state index is 0.117. The fourth-order valence-corrected chi connectivity index (χ4v) is 5.36. The van der Waals surface area contributed by atoms with Crippen molar-refractivity contribution in [2.75, 3.05) is 18.5 Å². The lowest BCUT2D eigenvalue weighted by Crippen LogP contribution is -2.37. The molecule has 0 saturated carbocycles. The maximum absolute atomic E-state index is 12.6. The molecule has 0 spiro atoms. The highest BCUT2D eigenvalue weighted by Gasteiger charge is 2.28. The van der Waals surface area contributed by atoms with Crippen LogP contribution in [0.25, 0.3) is 0 Å². The summed E-state index contributed by atoms with van der Waals surface area (Å²) in [7, 11) is 1.84. The molecule has 0 aliphatic carbocycles. The maximum Gasteiger partial charge on any atom is 0.243 e. The van der Waals surface area contributed by atoms with Gasteiger partial charge in [0.05, 0.1) is 5.71 Å². The van der Waals surface area contributed by atoms with E-state index in [1.54, 1.807) is 9.91 Å². The molecule has 0 radical (unpaired) electrons. The standard InChI is InChI=1S/C30H47N3O2/c1-4-5-6-7-8-9-10-11-12-13-14-15-16-21-33-29(35)22-24(2)30(31-33)26-17-19-27-25(23-26)18-20-28(34)32(27)3/h17,19,23-24H,4-16,18,20-22H2,1-3H3. The van der Waals surface area contributed by atoms with Crippen LogP contribution in [0.4, 0.5) is 5.69 Å². The average Bonchev–Trinajstić information content (AvgIpc) is 2.85. The van der Waals surface area contributed by atoms with Gasteiger partial charge in [0.2, 0.25) is 11.8 Å². The van der Waals surface area contributed by atoms with Gasteiger partial charge in [0.1, 0.15) is 0 Å². The zero-order valence-electron chi connectivity index (χ0n) is 22.5. The first-order valence-electron chi connectivity index (χ1n) is 14.3. The molecule has 0 N–H and O–H groups in total. The lowest BCUT2D eigenvalue weighted by atomic mass is 9.90. The number of carbonyl (C=O) groups is 2. The molecule has 5 nitrogen and oxygen atoms in total. The third-order valence-electron chi connectivity index (χ3n) is 7.66. The summed E-state index contributed by atoms with van der Waals surface area (Å²) in [6.07, 6.45) is 19.1. The lowest BCUT2D eigenvalue weighted by Gasteiger charge is -2.29. The summed E-state index contributed by atoms with van der Waals surface area (Å²) in [4.78, 5) is 26.4. The number of fused-ring (bicyclic) bond motifs is 1. The Morgan fingerprint density at radius 2 is 1.43 bits per heavy atom. The molecule has 2 aliphatic rings. The van der Waals surface area contributed by atoms with Crippen LogP contribution in [0.15, 0.2) is 23.3 Å². The predicted octanol–water partition coefficient (Wildman–Crippen LogP) is 7.26. The topological polar surface area (TPSA) is 53.0 Å². The van der Waals surface area contributed by atoms with Gasteiger partial charge in [-0.15, -0.1) is 0 Å². The molecular formula is C30H47N3O2. The van der Waals surface area contributed by atoms with Crippen LogP contribution in [0.1, 0.15) is 121 Å². The monoisotopic (exact) mass is 481 g/mol. The summed E-state index contributed by atoms with van der Waals surface area (Å²) in [5.41, 5.74) is 4.27. The molecule has 2 amide bonds. The zero-order valence-corrected chi connectivity index (χ0v) is 22.5. The summed E-state index contributed by atoms with van der Waals surface area (Å²) >= 11 is 0. The summed E-state index contributed by atoms with van der Waals surface area (Å²) in [6, 6.07) is 6.26. The number of hydrogen-bond donors (Lipinski definition) is 0. The van der Waals surface area contributed by atoms with Gasteiger partial charge in [-0.3, -0.25) is 9.59 Å². The third kappa shape index (κ3) is 8.18. The summed E-state index contributed by atoms with van der Waals surface area (Å²) in [5, 5.41) is 6.52. The van der Waals surface area contributed by atoms with E-state index in [0.29, 0.717) is 12.8 Å². The van der Waals surface area contributed by atoms with Crippen molar-refractivity contribution < 1.29 is 9.59 Å². The molecule has 0 saturated heterocycles. The molecule has 2 aliphatic heterocycles.